The van der Waals surface area contributed by atoms with Gasteiger partial charge < -0.3 is 14.2 Å². The highest BCUT2D eigenvalue weighted by Gasteiger charge is 2.13. The van der Waals surface area contributed by atoms with Crippen LogP contribution in [0.5, 0.6) is 17.2 Å². The van der Waals surface area contributed by atoms with Crippen molar-refractivity contribution in [2.24, 2.45) is 0 Å². The molecule has 0 unspecified atom stereocenters. The van der Waals surface area contributed by atoms with E-state index in [0.717, 1.165) is 11.1 Å². The summed E-state index contributed by atoms with van der Waals surface area (Å²) in [6.45, 7) is 0. The van der Waals surface area contributed by atoms with E-state index in [1.807, 2.05) is 24.3 Å². The van der Waals surface area contributed by atoms with Crippen LogP contribution in [0.2, 0.25) is 0 Å². The van der Waals surface area contributed by atoms with E-state index < -0.39 is 0 Å². The lowest BCUT2D eigenvalue weighted by Crippen LogP contribution is -1.96. The molecule has 0 aliphatic rings. The van der Waals surface area contributed by atoms with Crippen LogP contribution in [0.3, 0.4) is 0 Å². The van der Waals surface area contributed by atoms with Crippen LogP contribution < -0.4 is 14.2 Å². The predicted octanol–water partition coefficient (Wildman–Crippen LogP) is 4.60. The molecule has 2 aromatic carbocycles. The molecule has 0 amide bonds. The first kappa shape index (κ1) is 16.3. The highest BCUT2D eigenvalue weighted by molar-refractivity contribution is 7.98. The Balaban J connectivity index is 2.33. The summed E-state index contributed by atoms with van der Waals surface area (Å²) >= 11 is 1.73. The normalized spacial score (nSPS) is 10.7. The van der Waals surface area contributed by atoms with E-state index in [0.29, 0.717) is 17.2 Å². The highest BCUT2D eigenvalue weighted by atomic mass is 32.2. The summed E-state index contributed by atoms with van der Waals surface area (Å²) in [5.74, 6) is 1.92. The van der Waals surface area contributed by atoms with Crippen molar-refractivity contribution in [1.29, 1.82) is 0 Å². The molecule has 2 aromatic rings. The van der Waals surface area contributed by atoms with Gasteiger partial charge in [-0.05, 0) is 36.1 Å². The largest absolute Gasteiger partial charge is 0.493 e. The van der Waals surface area contributed by atoms with Crippen LogP contribution in [0, 0.1) is 0 Å². The third kappa shape index (κ3) is 3.57. The van der Waals surface area contributed by atoms with Crippen molar-refractivity contribution in [3.8, 4) is 17.2 Å². The van der Waals surface area contributed by atoms with E-state index in [4.69, 9.17) is 14.2 Å². The molecule has 0 N–H and O–H groups in total. The van der Waals surface area contributed by atoms with Crippen molar-refractivity contribution in [3.05, 3.63) is 47.5 Å². The van der Waals surface area contributed by atoms with Gasteiger partial charge in [0.15, 0.2) is 11.5 Å². The van der Waals surface area contributed by atoms with Crippen LogP contribution in [-0.4, -0.2) is 27.6 Å². The summed E-state index contributed by atoms with van der Waals surface area (Å²) in [7, 11) is 4.84. The van der Waals surface area contributed by atoms with Gasteiger partial charge in [-0.25, -0.2) is 0 Å². The molecule has 0 saturated heterocycles. The first-order chi connectivity index (χ1) is 10.7. The summed E-state index contributed by atoms with van der Waals surface area (Å²) in [4.78, 5) is 1.25. The van der Waals surface area contributed by atoms with Crippen molar-refractivity contribution < 1.29 is 14.2 Å². The van der Waals surface area contributed by atoms with E-state index in [1.54, 1.807) is 33.1 Å². The average molecular weight is 316 g/mol. The maximum atomic E-state index is 5.48. The first-order valence-corrected chi connectivity index (χ1v) is 8.07. The van der Waals surface area contributed by atoms with Crippen LogP contribution in [0.25, 0.3) is 12.2 Å². The molecule has 0 atom stereocenters. The predicted molar refractivity (Wildman–Crippen MR) is 93.2 cm³/mol. The Morgan fingerprint density at radius 1 is 0.773 bits per heavy atom. The van der Waals surface area contributed by atoms with Crippen LogP contribution in [0.1, 0.15) is 11.1 Å². The molecule has 22 heavy (non-hydrogen) atoms. The molecular weight excluding hydrogens is 296 g/mol. The molecule has 0 radical (unpaired) electrons. The molecule has 0 bridgehead atoms. The Labute approximate surface area is 135 Å². The van der Waals surface area contributed by atoms with Gasteiger partial charge in [0.25, 0.3) is 0 Å². The van der Waals surface area contributed by atoms with Crippen LogP contribution in [0.15, 0.2) is 41.3 Å². The van der Waals surface area contributed by atoms with Crippen LogP contribution in [-0.2, 0) is 0 Å². The zero-order chi connectivity index (χ0) is 15.9. The summed E-state index contributed by atoms with van der Waals surface area (Å²) in [5, 5.41) is 0. The van der Waals surface area contributed by atoms with Gasteiger partial charge in [-0.2, -0.15) is 0 Å². The SMILES string of the molecule is COc1ccc(/C=C/c2ccc(SC)cc2)c(OC)c1OC. The number of rotatable bonds is 6. The quantitative estimate of drug-likeness (QED) is 0.575. The van der Waals surface area contributed by atoms with Gasteiger partial charge in [0, 0.05) is 10.5 Å². The van der Waals surface area contributed by atoms with Crippen LogP contribution >= 0.6 is 11.8 Å². The van der Waals surface area contributed by atoms with E-state index in [1.165, 1.54) is 4.90 Å². The Kier molecular flexibility index (Phi) is 5.78. The monoisotopic (exact) mass is 316 g/mol. The number of thioether (sulfide) groups is 1. The molecule has 0 saturated carbocycles. The zero-order valence-electron chi connectivity index (χ0n) is 13.3. The number of benzene rings is 2. The maximum Gasteiger partial charge on any atom is 0.203 e. The fourth-order valence-corrected chi connectivity index (χ4v) is 2.56. The minimum absolute atomic E-state index is 0.602. The van der Waals surface area contributed by atoms with Crippen molar-refractivity contribution in [2.75, 3.05) is 27.6 Å². The summed E-state index contributed by atoms with van der Waals surface area (Å²) in [6.07, 6.45) is 6.13. The summed E-state index contributed by atoms with van der Waals surface area (Å²) in [6, 6.07) is 12.2. The second kappa shape index (κ2) is 7.80. The van der Waals surface area contributed by atoms with Crippen LogP contribution in [0.4, 0.5) is 0 Å². The third-order valence-electron chi connectivity index (χ3n) is 3.31. The molecule has 0 aliphatic carbocycles. The molecule has 116 valence electrons. The number of methoxy groups -OCH3 is 3. The lowest BCUT2D eigenvalue weighted by molar-refractivity contribution is 0.324. The highest BCUT2D eigenvalue weighted by Crippen LogP contribution is 2.40. The Morgan fingerprint density at radius 3 is 2.00 bits per heavy atom. The molecule has 0 aromatic heterocycles. The van der Waals surface area contributed by atoms with E-state index >= 15 is 0 Å². The number of ether oxygens (including phenoxy) is 3. The third-order valence-corrected chi connectivity index (χ3v) is 4.05. The van der Waals surface area contributed by atoms with Gasteiger partial charge >= 0.3 is 0 Å². The minimum Gasteiger partial charge on any atom is -0.493 e. The molecule has 0 fully saturated rings. The second-order valence-corrected chi connectivity index (χ2v) is 5.41. The van der Waals surface area contributed by atoms with E-state index in [9.17, 15) is 0 Å². The van der Waals surface area contributed by atoms with Crippen molar-refractivity contribution in [3.63, 3.8) is 0 Å². The lowest BCUT2D eigenvalue weighted by Gasteiger charge is -2.14. The van der Waals surface area contributed by atoms with Gasteiger partial charge in [-0.15, -0.1) is 11.8 Å². The van der Waals surface area contributed by atoms with Gasteiger partial charge in [0.2, 0.25) is 5.75 Å². The van der Waals surface area contributed by atoms with Gasteiger partial charge in [0.1, 0.15) is 0 Å². The fourth-order valence-electron chi connectivity index (χ4n) is 2.16. The molecule has 0 aliphatic heterocycles. The fraction of sp³-hybridized carbons (Fsp3) is 0.222. The molecular formula is C18H20O3S. The zero-order valence-corrected chi connectivity index (χ0v) is 14.1. The Hall–Kier alpha value is -2.07. The Bertz CT molecular complexity index is 648. The second-order valence-electron chi connectivity index (χ2n) is 4.53. The minimum atomic E-state index is 0.602. The molecule has 0 heterocycles. The van der Waals surface area contributed by atoms with Gasteiger partial charge in [0.05, 0.1) is 21.3 Å². The van der Waals surface area contributed by atoms with Crippen molar-refractivity contribution >= 4 is 23.9 Å². The average Bonchev–Trinajstić information content (AvgIpc) is 2.59. The standard InChI is InChI=1S/C18H20O3S/c1-19-16-12-9-14(17(20-2)18(16)21-3)8-5-13-6-10-15(22-4)11-7-13/h5-12H,1-4H3/b8-5+. The lowest BCUT2D eigenvalue weighted by atomic mass is 10.1. The number of hydrogen-bond donors (Lipinski definition) is 0. The van der Waals surface area contributed by atoms with Gasteiger partial charge in [-0.3, -0.25) is 0 Å². The van der Waals surface area contributed by atoms with Gasteiger partial charge in [-0.1, -0.05) is 24.3 Å². The molecule has 0 spiro atoms. The summed E-state index contributed by atoms with van der Waals surface area (Å²) < 4.78 is 16.2. The number of hydrogen-bond acceptors (Lipinski definition) is 4. The van der Waals surface area contributed by atoms with Crippen molar-refractivity contribution in [2.45, 2.75) is 4.90 Å². The first-order valence-electron chi connectivity index (χ1n) is 6.84. The Morgan fingerprint density at radius 2 is 1.45 bits per heavy atom. The molecule has 4 heteroatoms. The smallest absolute Gasteiger partial charge is 0.203 e. The molecule has 2 rings (SSSR count). The molecule has 3 nitrogen and oxygen atoms in total. The van der Waals surface area contributed by atoms with Crippen molar-refractivity contribution in [1.82, 2.24) is 0 Å². The topological polar surface area (TPSA) is 27.7 Å². The maximum absolute atomic E-state index is 5.48. The summed E-state index contributed by atoms with van der Waals surface area (Å²) in [5.41, 5.74) is 2.07. The van der Waals surface area contributed by atoms with E-state index in [-0.39, 0.29) is 0 Å². The van der Waals surface area contributed by atoms with E-state index in [2.05, 4.69) is 30.5 Å².